The van der Waals surface area contributed by atoms with Gasteiger partial charge in [-0.3, -0.25) is 9.47 Å². The van der Waals surface area contributed by atoms with Crippen LogP contribution >= 0.6 is 0 Å². The van der Waals surface area contributed by atoms with Crippen molar-refractivity contribution in [1.29, 1.82) is 0 Å². The van der Waals surface area contributed by atoms with Crippen molar-refractivity contribution in [1.82, 2.24) is 23.6 Å². The summed E-state index contributed by atoms with van der Waals surface area (Å²) in [5, 5.41) is 4.54. The normalized spacial score (nSPS) is 20.4. The van der Waals surface area contributed by atoms with Crippen molar-refractivity contribution in [3.63, 3.8) is 0 Å². The summed E-state index contributed by atoms with van der Waals surface area (Å²) in [5.74, 6) is 1.92. The number of fused-ring (bicyclic) bond motifs is 2. The van der Waals surface area contributed by atoms with Crippen LogP contribution in [0.25, 0.3) is 0 Å². The molecule has 1 fully saturated rings. The zero-order valence-electron chi connectivity index (χ0n) is 18.1. The molecule has 1 aromatic heterocycles. The van der Waals surface area contributed by atoms with E-state index in [1.54, 1.807) is 22.8 Å². The average Bonchev–Trinajstić information content (AvgIpc) is 3.02. The molecule has 0 saturated carbocycles. The first-order valence-corrected chi connectivity index (χ1v) is 12.7. The van der Waals surface area contributed by atoms with Crippen molar-refractivity contribution in [2.24, 2.45) is 0 Å². The van der Waals surface area contributed by atoms with Gasteiger partial charge in [0.1, 0.15) is 5.82 Å². The molecule has 0 amide bonds. The van der Waals surface area contributed by atoms with Gasteiger partial charge < -0.3 is 9.47 Å². The Hall–Kier alpha value is -2.37. The molecule has 0 N–H and O–H groups in total. The smallest absolute Gasteiger partial charge is 0.347 e. The van der Waals surface area contributed by atoms with Crippen LogP contribution in [0.4, 0.5) is 0 Å². The lowest BCUT2D eigenvalue weighted by Gasteiger charge is -2.33. The van der Waals surface area contributed by atoms with Crippen LogP contribution in [0, 0.1) is 0 Å². The van der Waals surface area contributed by atoms with E-state index in [0.717, 1.165) is 44.5 Å². The molecule has 10 nitrogen and oxygen atoms in total. The summed E-state index contributed by atoms with van der Waals surface area (Å²) in [6, 6.07) is 4.80. The molecular formula is C21H29N5O5S. The second-order valence-electron chi connectivity index (χ2n) is 8.48. The summed E-state index contributed by atoms with van der Waals surface area (Å²) in [5.41, 5.74) is -0.0656. The van der Waals surface area contributed by atoms with Crippen LogP contribution < -0.4 is 15.2 Å². The van der Waals surface area contributed by atoms with Gasteiger partial charge >= 0.3 is 5.69 Å². The van der Waals surface area contributed by atoms with Crippen LogP contribution in [-0.2, 0) is 29.7 Å². The summed E-state index contributed by atoms with van der Waals surface area (Å²) in [4.78, 5) is 15.0. The van der Waals surface area contributed by atoms with Gasteiger partial charge in [-0.2, -0.15) is 14.1 Å². The highest BCUT2D eigenvalue weighted by Crippen LogP contribution is 2.33. The molecule has 4 heterocycles. The number of benzene rings is 1. The maximum Gasteiger partial charge on any atom is 0.347 e. The zero-order valence-corrected chi connectivity index (χ0v) is 18.9. The Labute approximate surface area is 187 Å². The van der Waals surface area contributed by atoms with Crippen LogP contribution in [0.1, 0.15) is 31.5 Å². The monoisotopic (exact) mass is 463 g/mol. The number of piperazine rings is 1. The fourth-order valence-corrected chi connectivity index (χ4v) is 5.91. The fraction of sp³-hybridized carbons (Fsp3) is 0.619. The van der Waals surface area contributed by atoms with Crippen LogP contribution in [-0.4, -0.2) is 71.4 Å². The van der Waals surface area contributed by atoms with Crippen molar-refractivity contribution < 1.29 is 17.9 Å². The molecule has 2 aromatic rings. The molecule has 0 unspecified atom stereocenters. The van der Waals surface area contributed by atoms with Gasteiger partial charge in [0.25, 0.3) is 0 Å². The summed E-state index contributed by atoms with van der Waals surface area (Å²) >= 11 is 0. The number of rotatable bonds is 4. The molecule has 1 aromatic carbocycles. The Balaban J connectivity index is 1.25. The van der Waals surface area contributed by atoms with Gasteiger partial charge in [-0.05, 0) is 25.0 Å². The van der Waals surface area contributed by atoms with Gasteiger partial charge in [0.15, 0.2) is 11.5 Å². The summed E-state index contributed by atoms with van der Waals surface area (Å²) in [6.07, 6.45) is 4.80. The van der Waals surface area contributed by atoms with Gasteiger partial charge in [0, 0.05) is 51.6 Å². The quantitative estimate of drug-likeness (QED) is 0.664. The number of hydrogen-bond donors (Lipinski definition) is 0. The lowest BCUT2D eigenvalue weighted by Crippen LogP contribution is -2.49. The van der Waals surface area contributed by atoms with E-state index in [-0.39, 0.29) is 10.6 Å². The third-order valence-corrected chi connectivity index (χ3v) is 8.20. The van der Waals surface area contributed by atoms with Gasteiger partial charge in [-0.15, -0.1) is 0 Å². The summed E-state index contributed by atoms with van der Waals surface area (Å²) in [7, 11) is -3.64. The van der Waals surface area contributed by atoms with Crippen molar-refractivity contribution in [3.05, 3.63) is 34.5 Å². The average molecular weight is 464 g/mol. The van der Waals surface area contributed by atoms with Crippen molar-refractivity contribution in [2.45, 2.75) is 50.2 Å². The number of ether oxygens (including phenoxy) is 2. The van der Waals surface area contributed by atoms with E-state index in [4.69, 9.17) is 9.47 Å². The first-order valence-electron chi connectivity index (χ1n) is 11.3. The van der Waals surface area contributed by atoms with Gasteiger partial charge in [0.2, 0.25) is 10.0 Å². The third-order valence-electron chi connectivity index (χ3n) is 6.30. The Bertz CT molecular complexity index is 1130. The summed E-state index contributed by atoms with van der Waals surface area (Å²) < 4.78 is 42.4. The molecule has 11 heteroatoms. The van der Waals surface area contributed by atoms with E-state index in [1.165, 1.54) is 8.99 Å². The van der Waals surface area contributed by atoms with E-state index in [1.807, 2.05) is 0 Å². The minimum atomic E-state index is -3.64. The van der Waals surface area contributed by atoms with Crippen LogP contribution in [0.15, 0.2) is 27.9 Å². The molecule has 174 valence electrons. The highest BCUT2D eigenvalue weighted by Gasteiger charge is 2.30. The maximum atomic E-state index is 13.2. The first kappa shape index (κ1) is 21.5. The topological polar surface area (TPSA) is 98.9 Å². The highest BCUT2D eigenvalue weighted by atomic mass is 32.2. The Morgan fingerprint density at radius 2 is 1.69 bits per heavy atom. The molecule has 0 radical (unpaired) electrons. The molecule has 0 aliphatic carbocycles. The largest absolute Gasteiger partial charge is 0.490 e. The molecule has 1 saturated heterocycles. The SMILES string of the molecule is O=c1n(CN2CCN(S(=O)(=O)c3ccc4c(c3)OCCCO4)CC2)nc2n1CCCCC2. The molecular weight excluding hydrogens is 434 g/mol. The standard InChI is InChI=1S/C21H29N5O5S/c27-21-25-8-3-1-2-5-20(25)22-26(21)16-23-9-11-24(12-10-23)32(28,29)17-6-7-18-19(15-17)31-14-4-13-30-18/h6-7,15H,1-5,8-14,16H2. The van der Waals surface area contributed by atoms with Crippen LogP contribution in [0.3, 0.4) is 0 Å². The number of nitrogens with zero attached hydrogens (tertiary/aromatic N) is 5. The van der Waals surface area contributed by atoms with E-state index in [0.29, 0.717) is 57.6 Å². The highest BCUT2D eigenvalue weighted by molar-refractivity contribution is 7.89. The van der Waals surface area contributed by atoms with Gasteiger partial charge in [0.05, 0.1) is 24.8 Å². The maximum absolute atomic E-state index is 13.2. The lowest BCUT2D eigenvalue weighted by molar-refractivity contribution is 0.143. The second-order valence-corrected chi connectivity index (χ2v) is 10.4. The second kappa shape index (κ2) is 8.87. The van der Waals surface area contributed by atoms with Crippen molar-refractivity contribution in [3.8, 4) is 11.5 Å². The van der Waals surface area contributed by atoms with E-state index in [2.05, 4.69) is 10.00 Å². The fourth-order valence-electron chi connectivity index (χ4n) is 4.47. The first-order chi connectivity index (χ1) is 15.5. The van der Waals surface area contributed by atoms with Crippen LogP contribution in [0.2, 0.25) is 0 Å². The Kier molecular flexibility index (Phi) is 5.95. The van der Waals surface area contributed by atoms with Gasteiger partial charge in [-0.1, -0.05) is 6.42 Å². The number of aryl methyl sites for hydroxylation is 1. The predicted octanol–water partition coefficient (Wildman–Crippen LogP) is 0.896. The molecule has 0 atom stereocenters. The van der Waals surface area contributed by atoms with Crippen molar-refractivity contribution >= 4 is 10.0 Å². The van der Waals surface area contributed by atoms with E-state index >= 15 is 0 Å². The number of sulfonamides is 1. The van der Waals surface area contributed by atoms with Crippen molar-refractivity contribution in [2.75, 3.05) is 39.4 Å². The minimum Gasteiger partial charge on any atom is -0.490 e. The zero-order chi connectivity index (χ0) is 22.1. The van der Waals surface area contributed by atoms with Crippen LogP contribution in [0.5, 0.6) is 11.5 Å². The molecule has 3 aliphatic heterocycles. The molecule has 0 bridgehead atoms. The lowest BCUT2D eigenvalue weighted by atomic mass is 10.2. The predicted molar refractivity (Wildman–Crippen MR) is 116 cm³/mol. The molecule has 0 spiro atoms. The molecule has 3 aliphatic rings. The van der Waals surface area contributed by atoms with Gasteiger partial charge in [-0.25, -0.2) is 13.2 Å². The molecule has 5 rings (SSSR count). The Morgan fingerprint density at radius 3 is 2.50 bits per heavy atom. The Morgan fingerprint density at radius 1 is 0.906 bits per heavy atom. The third kappa shape index (κ3) is 4.16. The van der Waals surface area contributed by atoms with E-state index in [9.17, 15) is 13.2 Å². The number of hydrogen-bond acceptors (Lipinski definition) is 7. The minimum absolute atomic E-state index is 0.0656. The van der Waals surface area contributed by atoms with E-state index < -0.39 is 10.0 Å². The molecule has 32 heavy (non-hydrogen) atoms. The summed E-state index contributed by atoms with van der Waals surface area (Å²) in [6.45, 7) is 3.98. The number of aromatic nitrogens is 3.